The fourth-order valence-corrected chi connectivity index (χ4v) is 5.69. The van der Waals surface area contributed by atoms with E-state index in [1.165, 1.54) is 28.0 Å². The van der Waals surface area contributed by atoms with Crippen LogP contribution in [-0.2, 0) is 24.7 Å². The smallest absolute Gasteiger partial charge is 0.251 e. The Hall–Kier alpha value is -1.87. The molecule has 0 saturated heterocycles. The lowest BCUT2D eigenvalue weighted by Gasteiger charge is -2.18. The Kier molecular flexibility index (Phi) is 4.98. The summed E-state index contributed by atoms with van der Waals surface area (Å²) in [6.07, 6.45) is 5.15. The van der Waals surface area contributed by atoms with Crippen molar-refractivity contribution in [1.82, 2.24) is 14.8 Å². The first-order valence-electron chi connectivity index (χ1n) is 9.20. The van der Waals surface area contributed by atoms with Crippen molar-refractivity contribution in [2.45, 2.75) is 50.1 Å². The number of aromatic nitrogens is 3. The maximum Gasteiger partial charge on any atom is 0.251 e. The van der Waals surface area contributed by atoms with Crippen LogP contribution >= 0.6 is 23.1 Å². The SMILES string of the molecule is CC1CCc2c(sc(NC(=O)CSc3nnc(C4CC4)n3C)c2C(N)=O)C1. The van der Waals surface area contributed by atoms with Gasteiger partial charge in [0, 0.05) is 17.8 Å². The second-order valence-electron chi connectivity index (χ2n) is 7.43. The maximum absolute atomic E-state index is 12.5. The molecule has 0 aromatic carbocycles. The van der Waals surface area contributed by atoms with Crippen LogP contribution < -0.4 is 11.1 Å². The Morgan fingerprint density at radius 3 is 2.81 bits per heavy atom. The number of carbonyl (C=O) groups excluding carboxylic acids is 2. The molecule has 1 atom stereocenters. The van der Waals surface area contributed by atoms with Gasteiger partial charge in [-0.25, -0.2) is 0 Å². The number of carbonyl (C=O) groups is 2. The molecule has 0 spiro atoms. The Balaban J connectivity index is 1.44. The molecule has 1 unspecified atom stereocenters. The quantitative estimate of drug-likeness (QED) is 0.719. The standard InChI is InChI=1S/C18H23N5O2S2/c1-9-3-6-11-12(7-9)27-17(14(11)15(19)25)20-13(24)8-26-18-22-21-16(23(18)2)10-4-5-10/h9-10H,3-8H2,1-2H3,(H2,19,25)(H,20,24). The van der Waals surface area contributed by atoms with E-state index in [1.807, 2.05) is 11.6 Å². The largest absolute Gasteiger partial charge is 0.365 e. The van der Waals surface area contributed by atoms with E-state index < -0.39 is 5.91 Å². The number of thiophene rings is 1. The number of rotatable bonds is 6. The molecule has 4 rings (SSSR count). The van der Waals surface area contributed by atoms with Crippen molar-refractivity contribution in [3.05, 3.63) is 21.8 Å². The van der Waals surface area contributed by atoms with Crippen molar-refractivity contribution < 1.29 is 9.59 Å². The lowest BCUT2D eigenvalue weighted by atomic mass is 9.88. The summed E-state index contributed by atoms with van der Waals surface area (Å²) >= 11 is 2.84. The summed E-state index contributed by atoms with van der Waals surface area (Å²) in [5.41, 5.74) is 7.12. The molecule has 7 nitrogen and oxygen atoms in total. The van der Waals surface area contributed by atoms with Crippen LogP contribution in [0.25, 0.3) is 0 Å². The van der Waals surface area contributed by atoms with Crippen molar-refractivity contribution in [3.8, 4) is 0 Å². The second-order valence-corrected chi connectivity index (χ2v) is 9.48. The highest BCUT2D eigenvalue weighted by Crippen LogP contribution is 2.40. The monoisotopic (exact) mass is 405 g/mol. The van der Waals surface area contributed by atoms with Crippen molar-refractivity contribution in [2.75, 3.05) is 11.1 Å². The topological polar surface area (TPSA) is 103 Å². The average molecular weight is 406 g/mol. The minimum Gasteiger partial charge on any atom is -0.365 e. The van der Waals surface area contributed by atoms with Gasteiger partial charge >= 0.3 is 0 Å². The minimum absolute atomic E-state index is 0.162. The van der Waals surface area contributed by atoms with Gasteiger partial charge in [-0.1, -0.05) is 18.7 Å². The highest BCUT2D eigenvalue weighted by molar-refractivity contribution is 7.99. The summed E-state index contributed by atoms with van der Waals surface area (Å²) in [5.74, 6) is 1.69. The number of nitrogens with zero attached hydrogens (tertiary/aromatic N) is 3. The fourth-order valence-electron chi connectivity index (χ4n) is 3.54. The number of hydrogen-bond acceptors (Lipinski definition) is 6. The number of anilines is 1. The molecule has 2 aromatic rings. The third-order valence-electron chi connectivity index (χ3n) is 5.15. The van der Waals surface area contributed by atoms with Gasteiger partial charge in [0.15, 0.2) is 5.16 Å². The molecule has 2 aromatic heterocycles. The zero-order valence-corrected chi connectivity index (χ0v) is 17.1. The van der Waals surface area contributed by atoms with Crippen molar-refractivity contribution in [2.24, 2.45) is 18.7 Å². The molecule has 9 heteroatoms. The maximum atomic E-state index is 12.5. The van der Waals surface area contributed by atoms with Crippen LogP contribution in [-0.4, -0.2) is 32.3 Å². The molecular weight excluding hydrogens is 382 g/mol. The third-order valence-corrected chi connectivity index (χ3v) is 7.34. The normalized spacial score (nSPS) is 19.0. The van der Waals surface area contributed by atoms with E-state index >= 15 is 0 Å². The molecule has 2 aliphatic rings. The van der Waals surface area contributed by atoms with Gasteiger partial charge in [0.05, 0.1) is 11.3 Å². The summed E-state index contributed by atoms with van der Waals surface area (Å²) in [6.45, 7) is 2.21. The number of thioether (sulfide) groups is 1. The van der Waals surface area contributed by atoms with Gasteiger partial charge in [-0.3, -0.25) is 9.59 Å². The molecule has 1 saturated carbocycles. The van der Waals surface area contributed by atoms with E-state index in [1.54, 1.807) is 0 Å². The predicted octanol–water partition coefficient (Wildman–Crippen LogP) is 2.71. The Morgan fingerprint density at radius 2 is 2.11 bits per heavy atom. The summed E-state index contributed by atoms with van der Waals surface area (Å²) in [5, 5.41) is 12.6. The van der Waals surface area contributed by atoms with Gasteiger partial charge in [-0.05, 0) is 43.6 Å². The zero-order chi connectivity index (χ0) is 19.1. The molecule has 0 bridgehead atoms. The Labute approximate surface area is 166 Å². The molecule has 2 heterocycles. The minimum atomic E-state index is -0.465. The first-order chi connectivity index (χ1) is 12.9. The van der Waals surface area contributed by atoms with Crippen LogP contribution in [0.5, 0.6) is 0 Å². The second kappa shape index (κ2) is 7.27. The Morgan fingerprint density at radius 1 is 1.33 bits per heavy atom. The molecule has 0 radical (unpaired) electrons. The highest BCUT2D eigenvalue weighted by Gasteiger charge is 2.30. The number of amides is 2. The molecule has 27 heavy (non-hydrogen) atoms. The summed E-state index contributed by atoms with van der Waals surface area (Å²) in [4.78, 5) is 25.6. The Bertz CT molecular complexity index is 900. The van der Waals surface area contributed by atoms with Crippen molar-refractivity contribution >= 4 is 39.9 Å². The fraction of sp³-hybridized carbons (Fsp3) is 0.556. The van der Waals surface area contributed by atoms with Crippen LogP contribution in [0.3, 0.4) is 0 Å². The number of fused-ring (bicyclic) bond motifs is 1. The van der Waals surface area contributed by atoms with Crippen LogP contribution in [0.2, 0.25) is 0 Å². The van der Waals surface area contributed by atoms with E-state index in [9.17, 15) is 9.59 Å². The summed E-state index contributed by atoms with van der Waals surface area (Å²) < 4.78 is 1.97. The van der Waals surface area contributed by atoms with E-state index in [2.05, 4.69) is 22.4 Å². The van der Waals surface area contributed by atoms with E-state index in [4.69, 9.17) is 5.73 Å². The first kappa shape index (κ1) is 18.5. The molecule has 2 aliphatic carbocycles. The molecule has 0 aliphatic heterocycles. The van der Waals surface area contributed by atoms with Gasteiger partial charge in [0.2, 0.25) is 5.91 Å². The van der Waals surface area contributed by atoms with E-state index in [0.717, 1.165) is 48.6 Å². The average Bonchev–Trinajstić information content (AvgIpc) is 3.29. The van der Waals surface area contributed by atoms with Crippen LogP contribution in [0.1, 0.15) is 58.7 Å². The highest BCUT2D eigenvalue weighted by atomic mass is 32.2. The number of nitrogens with two attached hydrogens (primary N) is 1. The van der Waals surface area contributed by atoms with Crippen molar-refractivity contribution in [1.29, 1.82) is 0 Å². The predicted molar refractivity (Wildman–Crippen MR) is 106 cm³/mol. The van der Waals surface area contributed by atoms with Gasteiger partial charge in [-0.15, -0.1) is 21.5 Å². The van der Waals surface area contributed by atoms with Crippen LogP contribution in [0, 0.1) is 5.92 Å². The number of nitrogens with one attached hydrogen (secondary N) is 1. The van der Waals surface area contributed by atoms with Crippen LogP contribution in [0.4, 0.5) is 5.00 Å². The number of primary amides is 1. The van der Waals surface area contributed by atoms with Gasteiger partial charge in [0.25, 0.3) is 5.91 Å². The molecule has 1 fully saturated rings. The lowest BCUT2D eigenvalue weighted by molar-refractivity contribution is -0.113. The zero-order valence-electron chi connectivity index (χ0n) is 15.4. The van der Waals surface area contributed by atoms with Crippen LogP contribution in [0.15, 0.2) is 5.16 Å². The summed E-state index contributed by atoms with van der Waals surface area (Å²) in [6, 6.07) is 0. The van der Waals surface area contributed by atoms with Gasteiger partial charge in [-0.2, -0.15) is 0 Å². The van der Waals surface area contributed by atoms with Crippen molar-refractivity contribution in [3.63, 3.8) is 0 Å². The molecular formula is C18H23N5O2S2. The number of hydrogen-bond donors (Lipinski definition) is 2. The molecule has 2 amide bonds. The van der Waals surface area contributed by atoms with E-state index in [-0.39, 0.29) is 11.7 Å². The van der Waals surface area contributed by atoms with Gasteiger partial charge in [0.1, 0.15) is 10.8 Å². The molecule has 3 N–H and O–H groups in total. The lowest BCUT2D eigenvalue weighted by Crippen LogP contribution is -2.20. The van der Waals surface area contributed by atoms with Gasteiger partial charge < -0.3 is 15.6 Å². The third kappa shape index (κ3) is 3.75. The van der Waals surface area contributed by atoms with E-state index in [0.29, 0.717) is 22.4 Å². The molecule has 144 valence electrons. The first-order valence-corrected chi connectivity index (χ1v) is 11.0. The summed E-state index contributed by atoms with van der Waals surface area (Å²) in [7, 11) is 1.94.